The van der Waals surface area contributed by atoms with Crippen molar-refractivity contribution in [3.8, 4) is 0 Å². The Labute approximate surface area is 120 Å². The molecule has 0 amide bonds. The third kappa shape index (κ3) is 4.37. The fraction of sp³-hybridized carbons (Fsp3) is 0.600. The summed E-state index contributed by atoms with van der Waals surface area (Å²) in [4.78, 5) is 2.12. The molecule has 0 aliphatic heterocycles. The summed E-state index contributed by atoms with van der Waals surface area (Å²) < 4.78 is 5.63. The van der Waals surface area contributed by atoms with Crippen molar-refractivity contribution in [1.29, 1.82) is 0 Å². The lowest BCUT2D eigenvalue weighted by Crippen LogP contribution is -2.23. The van der Waals surface area contributed by atoms with Gasteiger partial charge in [0.25, 0.3) is 0 Å². The number of benzene rings is 1. The summed E-state index contributed by atoms with van der Waals surface area (Å²) in [7, 11) is 2.02. The van der Waals surface area contributed by atoms with Crippen molar-refractivity contribution in [2.24, 2.45) is 5.92 Å². The lowest BCUT2D eigenvalue weighted by Gasteiger charge is -2.20. The number of ether oxygens (including phenoxy) is 1. The van der Waals surface area contributed by atoms with Gasteiger partial charge in [-0.25, -0.2) is 0 Å². The largest absolute Gasteiger partial charge is 0.389 e. The number of hydrogen-bond donors (Lipinski definition) is 1. The number of aliphatic hydroxyl groups excluding tert-OH is 1. The predicted molar refractivity (Wildman–Crippen MR) is 78.9 cm³/mol. The zero-order valence-electron chi connectivity index (χ0n) is 11.6. The van der Waals surface area contributed by atoms with Crippen LogP contribution in [-0.4, -0.2) is 31.9 Å². The Kier molecular flexibility index (Phi) is 5.08. The quantitative estimate of drug-likeness (QED) is 0.780. The highest BCUT2D eigenvalue weighted by Crippen LogP contribution is 2.29. The van der Waals surface area contributed by atoms with Gasteiger partial charge in [-0.15, -0.1) is 0 Å². The molecule has 0 bridgehead atoms. The highest BCUT2D eigenvalue weighted by atomic mass is 35.5. The minimum atomic E-state index is -0.534. The molecule has 1 atom stereocenters. The van der Waals surface area contributed by atoms with E-state index in [0.29, 0.717) is 5.02 Å². The van der Waals surface area contributed by atoms with Gasteiger partial charge in [0.2, 0.25) is 0 Å². The molecular formula is C15H22ClNO2. The fourth-order valence-corrected chi connectivity index (χ4v) is 2.29. The number of halogens is 1. The van der Waals surface area contributed by atoms with E-state index in [1.165, 1.54) is 12.8 Å². The van der Waals surface area contributed by atoms with E-state index in [1.807, 2.05) is 25.2 Å². The van der Waals surface area contributed by atoms with Gasteiger partial charge < -0.3 is 14.7 Å². The smallest absolute Gasteiger partial charge is 0.0776 e. The van der Waals surface area contributed by atoms with Crippen molar-refractivity contribution < 1.29 is 9.84 Å². The van der Waals surface area contributed by atoms with E-state index in [-0.39, 0.29) is 0 Å². The van der Waals surface area contributed by atoms with Crippen LogP contribution in [0, 0.1) is 5.92 Å². The summed E-state index contributed by atoms with van der Waals surface area (Å²) in [6.07, 6.45) is 2.12. The van der Waals surface area contributed by atoms with Crippen LogP contribution in [0.4, 0.5) is 5.69 Å². The molecule has 1 aliphatic carbocycles. The molecule has 0 radical (unpaired) electrons. The average Bonchev–Trinajstić information content (AvgIpc) is 3.17. The number of hydrogen-bond acceptors (Lipinski definition) is 3. The Hall–Kier alpha value is -0.770. The zero-order chi connectivity index (χ0) is 13.8. The van der Waals surface area contributed by atoms with Crippen LogP contribution < -0.4 is 4.90 Å². The Morgan fingerprint density at radius 1 is 1.47 bits per heavy atom. The van der Waals surface area contributed by atoms with Gasteiger partial charge in [-0.3, -0.25) is 0 Å². The average molecular weight is 284 g/mol. The van der Waals surface area contributed by atoms with Crippen molar-refractivity contribution in [1.82, 2.24) is 0 Å². The number of nitrogens with zero attached hydrogens (tertiary/aromatic N) is 1. The molecule has 0 aromatic heterocycles. The van der Waals surface area contributed by atoms with Crippen molar-refractivity contribution in [3.63, 3.8) is 0 Å². The summed E-state index contributed by atoms with van der Waals surface area (Å²) >= 11 is 6.16. The molecule has 1 fully saturated rings. The summed E-state index contributed by atoms with van der Waals surface area (Å²) in [5.41, 5.74) is 1.81. The minimum absolute atomic E-state index is 0.534. The second kappa shape index (κ2) is 6.60. The standard InChI is InChI=1S/C15H22ClNO2/c1-11(18)14-6-5-13(9-15(14)16)17(2)7-8-19-10-12-3-4-12/h5-6,9,11-12,18H,3-4,7-8,10H2,1-2H3. The molecule has 1 aromatic rings. The van der Waals surface area contributed by atoms with Gasteiger partial charge in [0.15, 0.2) is 0 Å². The van der Waals surface area contributed by atoms with Crippen molar-refractivity contribution in [2.75, 3.05) is 31.7 Å². The number of rotatable bonds is 7. The van der Waals surface area contributed by atoms with Crippen LogP contribution in [0.5, 0.6) is 0 Å². The van der Waals surface area contributed by atoms with Gasteiger partial charge in [-0.2, -0.15) is 0 Å². The molecule has 4 heteroatoms. The van der Waals surface area contributed by atoms with Crippen molar-refractivity contribution in [3.05, 3.63) is 28.8 Å². The first-order chi connectivity index (χ1) is 9.08. The van der Waals surface area contributed by atoms with Gasteiger partial charge in [-0.1, -0.05) is 17.7 Å². The monoisotopic (exact) mass is 283 g/mol. The van der Waals surface area contributed by atoms with E-state index in [4.69, 9.17) is 16.3 Å². The van der Waals surface area contributed by atoms with Crippen LogP contribution in [0.25, 0.3) is 0 Å². The first kappa shape index (κ1) is 14.6. The molecule has 1 saturated carbocycles. The van der Waals surface area contributed by atoms with Crippen LogP contribution in [0.1, 0.15) is 31.4 Å². The molecule has 3 nitrogen and oxygen atoms in total. The van der Waals surface area contributed by atoms with Gasteiger partial charge in [-0.05, 0) is 43.4 Å². The van der Waals surface area contributed by atoms with Crippen LogP contribution >= 0.6 is 11.6 Å². The normalized spacial score (nSPS) is 16.4. The third-order valence-electron chi connectivity index (χ3n) is 3.50. The second-order valence-electron chi connectivity index (χ2n) is 5.32. The van der Waals surface area contributed by atoms with Gasteiger partial charge >= 0.3 is 0 Å². The van der Waals surface area contributed by atoms with Gasteiger partial charge in [0, 0.05) is 30.9 Å². The lowest BCUT2D eigenvalue weighted by atomic mass is 10.1. The molecule has 0 spiro atoms. The number of aliphatic hydroxyl groups is 1. The zero-order valence-corrected chi connectivity index (χ0v) is 12.4. The number of anilines is 1. The van der Waals surface area contributed by atoms with Crippen LogP contribution in [0.15, 0.2) is 18.2 Å². The summed E-state index contributed by atoms with van der Waals surface area (Å²) in [5, 5.41) is 10.2. The maximum absolute atomic E-state index is 9.55. The van der Waals surface area contributed by atoms with E-state index < -0.39 is 6.10 Å². The van der Waals surface area contributed by atoms with E-state index in [2.05, 4.69) is 4.90 Å². The Balaban J connectivity index is 1.83. The van der Waals surface area contributed by atoms with E-state index in [9.17, 15) is 5.11 Å². The molecule has 0 saturated heterocycles. The van der Waals surface area contributed by atoms with Gasteiger partial charge in [0.1, 0.15) is 0 Å². The van der Waals surface area contributed by atoms with Crippen molar-refractivity contribution in [2.45, 2.75) is 25.9 Å². The molecule has 0 heterocycles. The maximum atomic E-state index is 9.55. The Bertz CT molecular complexity index is 419. The van der Waals surface area contributed by atoms with E-state index in [0.717, 1.165) is 36.9 Å². The molecule has 2 rings (SSSR count). The molecule has 19 heavy (non-hydrogen) atoms. The molecule has 1 aliphatic rings. The lowest BCUT2D eigenvalue weighted by molar-refractivity contribution is 0.131. The van der Waals surface area contributed by atoms with E-state index >= 15 is 0 Å². The van der Waals surface area contributed by atoms with Gasteiger partial charge in [0.05, 0.1) is 12.7 Å². The highest BCUT2D eigenvalue weighted by molar-refractivity contribution is 6.31. The molecule has 1 N–H and O–H groups in total. The SMILES string of the molecule is CC(O)c1ccc(N(C)CCOCC2CC2)cc1Cl. The Morgan fingerprint density at radius 3 is 2.79 bits per heavy atom. The molecule has 106 valence electrons. The maximum Gasteiger partial charge on any atom is 0.0776 e. The van der Waals surface area contributed by atoms with Crippen LogP contribution in [0.2, 0.25) is 5.02 Å². The van der Waals surface area contributed by atoms with Crippen LogP contribution in [-0.2, 0) is 4.74 Å². The highest BCUT2D eigenvalue weighted by Gasteiger charge is 2.21. The summed E-state index contributed by atoms with van der Waals surface area (Å²) in [6.45, 7) is 4.20. The van der Waals surface area contributed by atoms with E-state index in [1.54, 1.807) is 6.92 Å². The first-order valence-corrected chi connectivity index (χ1v) is 7.22. The first-order valence-electron chi connectivity index (χ1n) is 6.84. The van der Waals surface area contributed by atoms with Crippen LogP contribution in [0.3, 0.4) is 0 Å². The number of likely N-dealkylation sites (N-methyl/N-ethyl adjacent to an activating group) is 1. The molecule has 1 unspecified atom stereocenters. The third-order valence-corrected chi connectivity index (χ3v) is 3.82. The Morgan fingerprint density at radius 2 is 2.21 bits per heavy atom. The fourth-order valence-electron chi connectivity index (χ4n) is 1.96. The molecular weight excluding hydrogens is 262 g/mol. The second-order valence-corrected chi connectivity index (χ2v) is 5.73. The predicted octanol–water partition coefficient (Wildman–Crippen LogP) is 3.26. The topological polar surface area (TPSA) is 32.7 Å². The minimum Gasteiger partial charge on any atom is -0.389 e. The summed E-state index contributed by atoms with van der Waals surface area (Å²) in [6, 6.07) is 5.75. The van der Waals surface area contributed by atoms with Crippen molar-refractivity contribution >= 4 is 17.3 Å². The molecule has 1 aromatic carbocycles. The summed E-state index contributed by atoms with van der Waals surface area (Å²) in [5.74, 6) is 0.810.